The van der Waals surface area contributed by atoms with Crippen LogP contribution in [0, 0.1) is 12.3 Å². The van der Waals surface area contributed by atoms with E-state index >= 15 is 0 Å². The molecule has 1 aromatic heterocycles. The number of aryl methyl sites for hydroxylation is 1. The van der Waals surface area contributed by atoms with E-state index in [1.165, 1.54) is 11.3 Å². The smallest absolute Gasteiger partial charge is 0.265 e. The van der Waals surface area contributed by atoms with Crippen LogP contribution in [0.3, 0.4) is 0 Å². The second-order valence-electron chi connectivity index (χ2n) is 7.05. The Bertz CT molecular complexity index is 754. The van der Waals surface area contributed by atoms with Gasteiger partial charge in [-0.05, 0) is 30.9 Å². The minimum absolute atomic E-state index is 0.0604. The van der Waals surface area contributed by atoms with Crippen LogP contribution in [0.25, 0.3) is 10.6 Å². The lowest BCUT2D eigenvalue weighted by Gasteiger charge is -2.42. The van der Waals surface area contributed by atoms with Crippen LogP contribution in [-0.4, -0.2) is 34.9 Å². The highest BCUT2D eigenvalue weighted by Crippen LogP contribution is 2.32. The Hall–Kier alpha value is -1.43. The van der Waals surface area contributed by atoms with Gasteiger partial charge in [0.1, 0.15) is 9.88 Å². The molecule has 0 radical (unpaired) electrons. The van der Waals surface area contributed by atoms with E-state index in [-0.39, 0.29) is 17.4 Å². The largest absolute Gasteiger partial charge is 0.337 e. The quantitative estimate of drug-likeness (QED) is 0.878. The summed E-state index contributed by atoms with van der Waals surface area (Å²) in [7, 11) is 0. The number of benzene rings is 1. The Morgan fingerprint density at radius 2 is 2.04 bits per heavy atom. The zero-order valence-electron chi connectivity index (χ0n) is 14.2. The number of thiazole rings is 1. The Labute approximate surface area is 151 Å². The molecule has 1 aromatic carbocycles. The zero-order chi connectivity index (χ0) is 17.5. The number of hydrogen-bond donors (Lipinski definition) is 1. The highest BCUT2D eigenvalue weighted by Gasteiger charge is 2.36. The molecule has 2 heterocycles. The molecule has 1 saturated heterocycles. The first-order chi connectivity index (χ1) is 11.3. The lowest BCUT2D eigenvalue weighted by molar-refractivity contribution is 0.0536. The Morgan fingerprint density at radius 3 is 2.67 bits per heavy atom. The molecule has 0 spiro atoms. The van der Waals surface area contributed by atoms with Gasteiger partial charge in [-0.1, -0.05) is 37.6 Å². The molecule has 1 unspecified atom stereocenters. The van der Waals surface area contributed by atoms with Crippen LogP contribution in [0.4, 0.5) is 0 Å². The van der Waals surface area contributed by atoms with E-state index in [0.717, 1.165) is 22.7 Å². The fourth-order valence-corrected chi connectivity index (χ4v) is 4.17. The highest BCUT2D eigenvalue weighted by atomic mass is 35.5. The van der Waals surface area contributed by atoms with E-state index in [1.807, 2.05) is 36.1 Å². The van der Waals surface area contributed by atoms with Crippen molar-refractivity contribution in [2.75, 3.05) is 13.1 Å². The molecular weight excluding hydrogens is 342 g/mol. The molecule has 1 aliphatic heterocycles. The molecule has 4 nitrogen and oxygen atoms in total. The van der Waals surface area contributed by atoms with Crippen molar-refractivity contribution in [3.63, 3.8) is 0 Å². The lowest BCUT2D eigenvalue weighted by atomic mass is 9.79. The molecule has 1 aliphatic rings. The fraction of sp³-hybridized carbons (Fsp3) is 0.444. The average Bonchev–Trinajstić information content (AvgIpc) is 2.92. The summed E-state index contributed by atoms with van der Waals surface area (Å²) in [5, 5.41) is 1.54. The summed E-state index contributed by atoms with van der Waals surface area (Å²) in [6.07, 6.45) is 0.834. The number of amides is 1. The summed E-state index contributed by atoms with van der Waals surface area (Å²) in [5.74, 6) is 0.0604. The summed E-state index contributed by atoms with van der Waals surface area (Å²) in [4.78, 5) is 20.2. The predicted molar refractivity (Wildman–Crippen MR) is 99.6 cm³/mol. The fourth-order valence-electron chi connectivity index (χ4n) is 3.00. The number of aromatic nitrogens is 1. The van der Waals surface area contributed by atoms with Crippen molar-refractivity contribution < 1.29 is 4.79 Å². The first kappa shape index (κ1) is 17.4. The van der Waals surface area contributed by atoms with Gasteiger partial charge in [-0.15, -0.1) is 11.3 Å². The molecule has 1 fully saturated rings. The van der Waals surface area contributed by atoms with Gasteiger partial charge in [0.2, 0.25) is 0 Å². The van der Waals surface area contributed by atoms with Gasteiger partial charge < -0.3 is 10.6 Å². The average molecular weight is 364 g/mol. The third-order valence-electron chi connectivity index (χ3n) is 4.68. The number of halogens is 1. The molecule has 3 rings (SSSR count). The SMILES string of the molecule is Cc1nc(-c2ccc(Cl)cc2)sc1C(=O)N1CCC(N)C(C)(C)C1. The van der Waals surface area contributed by atoms with E-state index in [4.69, 9.17) is 17.3 Å². The second kappa shape index (κ2) is 6.47. The van der Waals surface area contributed by atoms with Crippen LogP contribution >= 0.6 is 22.9 Å². The van der Waals surface area contributed by atoms with Crippen molar-refractivity contribution in [1.82, 2.24) is 9.88 Å². The maximum atomic E-state index is 12.9. The number of nitrogens with zero attached hydrogens (tertiary/aromatic N) is 2. The minimum Gasteiger partial charge on any atom is -0.337 e. The van der Waals surface area contributed by atoms with Gasteiger partial charge in [-0.25, -0.2) is 4.98 Å². The molecule has 1 amide bonds. The molecule has 24 heavy (non-hydrogen) atoms. The maximum absolute atomic E-state index is 12.9. The summed E-state index contributed by atoms with van der Waals surface area (Å²) >= 11 is 7.38. The van der Waals surface area contributed by atoms with Gasteiger partial charge >= 0.3 is 0 Å². The number of likely N-dealkylation sites (tertiary alicyclic amines) is 1. The molecule has 6 heteroatoms. The van der Waals surface area contributed by atoms with E-state index in [1.54, 1.807) is 0 Å². The maximum Gasteiger partial charge on any atom is 0.265 e. The van der Waals surface area contributed by atoms with Crippen LogP contribution < -0.4 is 5.73 Å². The monoisotopic (exact) mass is 363 g/mol. The molecule has 0 aliphatic carbocycles. The first-order valence-electron chi connectivity index (χ1n) is 8.06. The summed E-state index contributed by atoms with van der Waals surface area (Å²) in [6.45, 7) is 7.52. The highest BCUT2D eigenvalue weighted by molar-refractivity contribution is 7.17. The first-order valence-corrected chi connectivity index (χ1v) is 9.25. The second-order valence-corrected chi connectivity index (χ2v) is 8.49. The molecule has 1 atom stereocenters. The summed E-state index contributed by atoms with van der Waals surface area (Å²) in [6, 6.07) is 7.66. The van der Waals surface area contributed by atoms with Crippen molar-refractivity contribution in [2.24, 2.45) is 11.1 Å². The van der Waals surface area contributed by atoms with Crippen LogP contribution in [0.15, 0.2) is 24.3 Å². The number of rotatable bonds is 2. The molecule has 128 valence electrons. The standard InChI is InChI=1S/C18H22ClN3OS/c1-11-15(17(23)22-9-8-14(20)18(2,3)10-22)24-16(21-11)12-4-6-13(19)7-5-12/h4-7,14H,8-10,20H2,1-3H3. The van der Waals surface area contributed by atoms with Crippen molar-refractivity contribution >= 4 is 28.8 Å². The van der Waals surface area contributed by atoms with Gasteiger partial charge in [-0.2, -0.15) is 0 Å². The number of carbonyl (C=O) groups excluding carboxylic acids is 1. The number of nitrogens with two attached hydrogens (primary N) is 1. The van der Waals surface area contributed by atoms with Gasteiger partial charge in [0.15, 0.2) is 0 Å². The summed E-state index contributed by atoms with van der Waals surface area (Å²) < 4.78 is 0. The van der Waals surface area contributed by atoms with E-state index < -0.39 is 0 Å². The van der Waals surface area contributed by atoms with Gasteiger partial charge in [-0.3, -0.25) is 4.79 Å². The Kier molecular flexibility index (Phi) is 4.69. The van der Waals surface area contributed by atoms with Crippen LogP contribution in [0.5, 0.6) is 0 Å². The number of piperidine rings is 1. The lowest BCUT2D eigenvalue weighted by Crippen LogP contribution is -2.53. The molecule has 0 saturated carbocycles. The minimum atomic E-state index is -0.0640. The summed E-state index contributed by atoms with van der Waals surface area (Å²) in [5.41, 5.74) is 7.87. The molecule has 2 aromatic rings. The molecule has 2 N–H and O–H groups in total. The van der Waals surface area contributed by atoms with Crippen molar-refractivity contribution in [3.8, 4) is 10.6 Å². The third kappa shape index (κ3) is 3.34. The number of carbonyl (C=O) groups is 1. The normalized spacial score (nSPS) is 20.2. The van der Waals surface area contributed by atoms with Crippen molar-refractivity contribution in [3.05, 3.63) is 39.9 Å². The predicted octanol–water partition coefficient (Wildman–Crippen LogP) is 3.97. The van der Waals surface area contributed by atoms with Crippen molar-refractivity contribution in [1.29, 1.82) is 0 Å². The van der Waals surface area contributed by atoms with E-state index in [9.17, 15) is 4.79 Å². The van der Waals surface area contributed by atoms with Crippen LogP contribution in [0.1, 0.15) is 35.6 Å². The van der Waals surface area contributed by atoms with Gasteiger partial charge in [0.05, 0.1) is 5.69 Å². The van der Waals surface area contributed by atoms with Crippen molar-refractivity contribution in [2.45, 2.75) is 33.2 Å². The molecule has 0 bridgehead atoms. The number of hydrogen-bond acceptors (Lipinski definition) is 4. The Morgan fingerprint density at radius 1 is 1.38 bits per heavy atom. The molecular formula is C18H22ClN3OS. The topological polar surface area (TPSA) is 59.2 Å². The third-order valence-corrected chi connectivity index (χ3v) is 6.13. The van der Waals surface area contributed by atoms with E-state index in [0.29, 0.717) is 23.0 Å². The van der Waals surface area contributed by atoms with Gasteiger partial charge in [0, 0.05) is 29.7 Å². The van der Waals surface area contributed by atoms with Gasteiger partial charge in [0.25, 0.3) is 5.91 Å². The van der Waals surface area contributed by atoms with E-state index in [2.05, 4.69) is 18.8 Å². The van der Waals surface area contributed by atoms with Crippen LogP contribution in [0.2, 0.25) is 5.02 Å². The van der Waals surface area contributed by atoms with Crippen LogP contribution in [-0.2, 0) is 0 Å². The Balaban J connectivity index is 1.85. The zero-order valence-corrected chi connectivity index (χ0v) is 15.7.